The van der Waals surface area contributed by atoms with Crippen molar-refractivity contribution in [1.29, 1.82) is 0 Å². The molecule has 22 heavy (non-hydrogen) atoms. The standard InChI is InChI=1S/C16H27N5O/c1-12(2)9-16(6-4-7-16)11-18-15(22)17-10-14-20-19-13-5-3-8-21(13)14/h12H,3-11H2,1-2H3,(H2,17,18,22). The van der Waals surface area contributed by atoms with Crippen molar-refractivity contribution < 1.29 is 4.79 Å². The highest BCUT2D eigenvalue weighted by molar-refractivity contribution is 5.73. The highest BCUT2D eigenvalue weighted by Gasteiger charge is 2.37. The van der Waals surface area contributed by atoms with Crippen LogP contribution in [-0.2, 0) is 19.5 Å². The van der Waals surface area contributed by atoms with Gasteiger partial charge in [0.25, 0.3) is 0 Å². The van der Waals surface area contributed by atoms with Crippen molar-refractivity contribution >= 4 is 6.03 Å². The molecule has 0 aromatic carbocycles. The molecule has 0 bridgehead atoms. The zero-order chi connectivity index (χ0) is 15.6. The number of hydrogen-bond acceptors (Lipinski definition) is 3. The molecule has 1 aromatic heterocycles. The number of amides is 2. The van der Waals surface area contributed by atoms with Crippen molar-refractivity contribution in [2.45, 2.75) is 65.5 Å². The lowest BCUT2D eigenvalue weighted by Crippen LogP contribution is -2.46. The quantitative estimate of drug-likeness (QED) is 0.846. The van der Waals surface area contributed by atoms with Gasteiger partial charge in [0.2, 0.25) is 0 Å². The third-order valence-corrected chi connectivity index (χ3v) is 4.97. The molecule has 1 aliphatic carbocycles. The van der Waals surface area contributed by atoms with Gasteiger partial charge in [0.15, 0.2) is 5.82 Å². The fourth-order valence-electron chi connectivity index (χ4n) is 3.83. The van der Waals surface area contributed by atoms with Gasteiger partial charge in [-0.05, 0) is 37.0 Å². The fourth-order valence-corrected chi connectivity index (χ4v) is 3.83. The van der Waals surface area contributed by atoms with Gasteiger partial charge in [-0.1, -0.05) is 20.3 Å². The molecule has 1 aromatic rings. The molecular weight excluding hydrogens is 278 g/mol. The summed E-state index contributed by atoms with van der Waals surface area (Å²) in [4.78, 5) is 12.0. The molecule has 1 aliphatic heterocycles. The van der Waals surface area contributed by atoms with Crippen LogP contribution in [0, 0.1) is 11.3 Å². The minimum absolute atomic E-state index is 0.0922. The third-order valence-electron chi connectivity index (χ3n) is 4.97. The maximum absolute atomic E-state index is 12.0. The Hall–Kier alpha value is -1.59. The van der Waals surface area contributed by atoms with Gasteiger partial charge in [0.1, 0.15) is 5.82 Å². The minimum atomic E-state index is -0.0922. The number of urea groups is 1. The van der Waals surface area contributed by atoms with Gasteiger partial charge in [-0.3, -0.25) is 0 Å². The summed E-state index contributed by atoms with van der Waals surface area (Å²) in [6.07, 6.45) is 7.10. The highest BCUT2D eigenvalue weighted by Crippen LogP contribution is 2.45. The maximum Gasteiger partial charge on any atom is 0.315 e. The van der Waals surface area contributed by atoms with Crippen molar-refractivity contribution in [3.05, 3.63) is 11.6 Å². The van der Waals surface area contributed by atoms with Crippen LogP contribution in [0.2, 0.25) is 0 Å². The summed E-state index contributed by atoms with van der Waals surface area (Å²) < 4.78 is 2.12. The summed E-state index contributed by atoms with van der Waals surface area (Å²) in [5, 5.41) is 14.3. The Morgan fingerprint density at radius 2 is 2.09 bits per heavy atom. The average molecular weight is 305 g/mol. The van der Waals surface area contributed by atoms with Crippen LogP contribution in [0.5, 0.6) is 0 Å². The average Bonchev–Trinajstić information content (AvgIpc) is 3.02. The summed E-state index contributed by atoms with van der Waals surface area (Å²) in [5.74, 6) is 2.59. The lowest BCUT2D eigenvalue weighted by Gasteiger charge is -2.43. The smallest absolute Gasteiger partial charge is 0.315 e. The Bertz CT molecular complexity index is 533. The van der Waals surface area contributed by atoms with Crippen LogP contribution in [0.3, 0.4) is 0 Å². The second kappa shape index (κ2) is 6.26. The predicted molar refractivity (Wildman–Crippen MR) is 84.3 cm³/mol. The molecular formula is C16H27N5O. The number of aryl methyl sites for hydroxylation is 1. The van der Waals surface area contributed by atoms with E-state index in [1.807, 2.05) is 0 Å². The molecule has 2 N–H and O–H groups in total. The topological polar surface area (TPSA) is 71.8 Å². The van der Waals surface area contributed by atoms with Crippen molar-refractivity contribution in [2.75, 3.05) is 6.54 Å². The largest absolute Gasteiger partial charge is 0.338 e. The predicted octanol–water partition coefficient (Wildman–Crippen LogP) is 2.24. The van der Waals surface area contributed by atoms with Gasteiger partial charge in [-0.25, -0.2) is 4.79 Å². The summed E-state index contributed by atoms with van der Waals surface area (Å²) >= 11 is 0. The number of rotatable bonds is 6. The Morgan fingerprint density at radius 3 is 2.77 bits per heavy atom. The molecule has 6 heteroatoms. The first-order valence-corrected chi connectivity index (χ1v) is 8.51. The summed E-state index contributed by atoms with van der Waals surface area (Å²) in [6, 6.07) is -0.0922. The normalized spacial score (nSPS) is 18.9. The number of nitrogens with zero attached hydrogens (tertiary/aromatic N) is 3. The fraction of sp³-hybridized carbons (Fsp3) is 0.812. The van der Waals surface area contributed by atoms with E-state index < -0.39 is 0 Å². The maximum atomic E-state index is 12.0. The second-order valence-electron chi connectivity index (χ2n) is 7.28. The molecule has 0 unspecified atom stereocenters. The van der Waals surface area contributed by atoms with Gasteiger partial charge < -0.3 is 15.2 Å². The van der Waals surface area contributed by atoms with Gasteiger partial charge in [-0.15, -0.1) is 10.2 Å². The van der Waals surface area contributed by atoms with Crippen molar-refractivity contribution in [2.24, 2.45) is 11.3 Å². The molecule has 122 valence electrons. The van der Waals surface area contributed by atoms with Gasteiger partial charge >= 0.3 is 6.03 Å². The first kappa shape index (κ1) is 15.3. The van der Waals surface area contributed by atoms with Crippen molar-refractivity contribution in [3.8, 4) is 0 Å². The molecule has 6 nitrogen and oxygen atoms in total. The number of aromatic nitrogens is 3. The van der Waals surface area contributed by atoms with Crippen molar-refractivity contribution in [1.82, 2.24) is 25.4 Å². The molecule has 3 rings (SSSR count). The SMILES string of the molecule is CC(C)CC1(CNC(=O)NCc2nnc3n2CCC3)CCC1. The molecule has 2 amide bonds. The summed E-state index contributed by atoms with van der Waals surface area (Å²) in [6.45, 7) is 6.72. The first-order valence-electron chi connectivity index (χ1n) is 8.51. The van der Waals surface area contributed by atoms with E-state index in [1.165, 1.54) is 25.7 Å². The van der Waals surface area contributed by atoms with E-state index in [0.717, 1.165) is 37.6 Å². The molecule has 1 fully saturated rings. The van der Waals surface area contributed by atoms with Crippen LogP contribution in [-0.4, -0.2) is 27.3 Å². The summed E-state index contributed by atoms with van der Waals surface area (Å²) in [5.41, 5.74) is 0.335. The van der Waals surface area contributed by atoms with Gasteiger partial charge in [-0.2, -0.15) is 0 Å². The van der Waals surface area contributed by atoms with Crippen LogP contribution < -0.4 is 10.6 Å². The Morgan fingerprint density at radius 1 is 1.27 bits per heavy atom. The molecule has 0 atom stereocenters. The van der Waals surface area contributed by atoms with Crippen molar-refractivity contribution in [3.63, 3.8) is 0 Å². The third kappa shape index (κ3) is 3.25. The Kier molecular flexibility index (Phi) is 4.36. The zero-order valence-electron chi connectivity index (χ0n) is 13.7. The van der Waals surface area contributed by atoms with Gasteiger partial charge in [0.05, 0.1) is 6.54 Å². The van der Waals surface area contributed by atoms with E-state index in [2.05, 4.69) is 39.2 Å². The number of nitrogens with one attached hydrogen (secondary N) is 2. The van der Waals surface area contributed by atoms with E-state index in [-0.39, 0.29) is 6.03 Å². The number of carbonyl (C=O) groups is 1. The minimum Gasteiger partial charge on any atom is -0.338 e. The first-order chi connectivity index (χ1) is 10.6. The van der Waals surface area contributed by atoms with Crippen LogP contribution in [0.25, 0.3) is 0 Å². The highest BCUT2D eigenvalue weighted by atomic mass is 16.2. The number of carbonyl (C=O) groups excluding carboxylic acids is 1. The number of hydrogen-bond donors (Lipinski definition) is 2. The van der Waals surface area contributed by atoms with E-state index in [9.17, 15) is 4.79 Å². The number of fused-ring (bicyclic) bond motifs is 1. The lowest BCUT2D eigenvalue weighted by atomic mass is 9.64. The Labute approximate surface area is 132 Å². The van der Waals surface area contributed by atoms with Crippen LogP contribution in [0.15, 0.2) is 0 Å². The zero-order valence-corrected chi connectivity index (χ0v) is 13.7. The second-order valence-corrected chi connectivity index (χ2v) is 7.28. The van der Waals surface area contributed by atoms with Crippen LogP contribution in [0.4, 0.5) is 4.79 Å². The van der Waals surface area contributed by atoms with Crippen LogP contribution in [0.1, 0.15) is 57.6 Å². The van der Waals surface area contributed by atoms with Crippen LogP contribution >= 0.6 is 0 Å². The summed E-state index contributed by atoms with van der Waals surface area (Å²) in [7, 11) is 0. The monoisotopic (exact) mass is 305 g/mol. The molecule has 2 heterocycles. The molecule has 1 saturated carbocycles. The van der Waals surface area contributed by atoms with E-state index >= 15 is 0 Å². The molecule has 0 saturated heterocycles. The molecule has 0 radical (unpaired) electrons. The van der Waals surface area contributed by atoms with E-state index in [1.54, 1.807) is 0 Å². The van der Waals surface area contributed by atoms with Gasteiger partial charge in [0, 0.05) is 19.5 Å². The van der Waals surface area contributed by atoms with E-state index in [4.69, 9.17) is 0 Å². The Balaban J connectivity index is 1.44. The molecule has 0 spiro atoms. The lowest BCUT2D eigenvalue weighted by molar-refractivity contribution is 0.101. The molecule has 2 aliphatic rings. The van der Waals surface area contributed by atoms with E-state index in [0.29, 0.717) is 17.9 Å².